The number of benzene rings is 1. The van der Waals surface area contributed by atoms with Crippen molar-refractivity contribution in [1.82, 2.24) is 14.4 Å². The third kappa shape index (κ3) is 2.97. The number of para-hydroxylation sites is 1. The summed E-state index contributed by atoms with van der Waals surface area (Å²) in [6, 6.07) is 6.70. The molecule has 0 bridgehead atoms. The second kappa shape index (κ2) is 6.20. The van der Waals surface area contributed by atoms with Gasteiger partial charge in [-0.3, -0.25) is 4.79 Å². The molecule has 0 aliphatic heterocycles. The van der Waals surface area contributed by atoms with Crippen molar-refractivity contribution in [3.63, 3.8) is 0 Å². The van der Waals surface area contributed by atoms with E-state index < -0.39 is 5.97 Å². The summed E-state index contributed by atoms with van der Waals surface area (Å²) in [5.41, 5.74) is 0.741. The molecule has 0 unspecified atom stereocenters. The van der Waals surface area contributed by atoms with E-state index in [1.807, 2.05) is 0 Å². The average Bonchev–Trinajstić information content (AvgIpc) is 2.96. The molecule has 0 radical (unpaired) electrons. The molecule has 1 heterocycles. The highest BCUT2D eigenvalue weighted by Gasteiger charge is 2.21. The molecule has 1 aromatic heterocycles. The minimum absolute atomic E-state index is 0.248. The van der Waals surface area contributed by atoms with Crippen LogP contribution in [-0.2, 0) is 9.53 Å². The zero-order chi connectivity index (χ0) is 14.5. The van der Waals surface area contributed by atoms with Gasteiger partial charge in [0.15, 0.2) is 0 Å². The summed E-state index contributed by atoms with van der Waals surface area (Å²) in [5, 5.41) is 7.44. The van der Waals surface area contributed by atoms with E-state index in [0.29, 0.717) is 11.3 Å². The third-order valence-electron chi connectivity index (χ3n) is 2.38. The third-order valence-corrected chi connectivity index (χ3v) is 3.36. The molecule has 7 nitrogen and oxygen atoms in total. The van der Waals surface area contributed by atoms with E-state index in [4.69, 9.17) is 4.74 Å². The van der Waals surface area contributed by atoms with E-state index in [9.17, 15) is 9.59 Å². The number of methoxy groups -OCH3 is 1. The molecule has 104 valence electrons. The Bertz CT molecular complexity index is 615. The first-order valence-corrected chi connectivity index (χ1v) is 6.39. The van der Waals surface area contributed by atoms with Crippen LogP contribution in [0.25, 0.3) is 0 Å². The molecule has 0 N–H and O–H groups in total. The first kappa shape index (κ1) is 14.1. The van der Waals surface area contributed by atoms with Gasteiger partial charge in [-0.15, -0.1) is 5.10 Å². The lowest BCUT2D eigenvalue weighted by atomic mass is 10.2. The zero-order valence-electron chi connectivity index (χ0n) is 10.9. The number of amides is 1. The Morgan fingerprint density at radius 3 is 2.70 bits per heavy atom. The largest absolute Gasteiger partial charge is 0.465 e. The highest BCUT2D eigenvalue weighted by Crippen LogP contribution is 2.27. The average molecular weight is 292 g/mol. The molecule has 0 atom stereocenters. The SMILES string of the molecule is COC(=O)c1ccccc1N(Sn1ccnn1)C(C)=O. The van der Waals surface area contributed by atoms with E-state index in [2.05, 4.69) is 10.3 Å². The Morgan fingerprint density at radius 1 is 1.35 bits per heavy atom. The maximum absolute atomic E-state index is 11.8. The van der Waals surface area contributed by atoms with Crippen LogP contribution in [0.5, 0.6) is 0 Å². The topological polar surface area (TPSA) is 77.3 Å². The lowest BCUT2D eigenvalue weighted by molar-refractivity contribution is -0.115. The number of hydrogen-bond acceptors (Lipinski definition) is 6. The Hall–Kier alpha value is -2.35. The molecule has 0 aliphatic carbocycles. The number of carbonyl (C=O) groups excluding carboxylic acids is 2. The molecule has 1 aromatic carbocycles. The summed E-state index contributed by atoms with van der Waals surface area (Å²) in [5.74, 6) is -0.757. The molecule has 0 fully saturated rings. The predicted molar refractivity (Wildman–Crippen MR) is 74.0 cm³/mol. The zero-order valence-corrected chi connectivity index (χ0v) is 11.7. The second-order valence-electron chi connectivity index (χ2n) is 3.71. The lowest BCUT2D eigenvalue weighted by Crippen LogP contribution is -2.24. The van der Waals surface area contributed by atoms with Crippen LogP contribution in [0.2, 0.25) is 0 Å². The summed E-state index contributed by atoms with van der Waals surface area (Å²) < 4.78 is 7.48. The van der Waals surface area contributed by atoms with Gasteiger partial charge in [0, 0.05) is 6.92 Å². The fourth-order valence-corrected chi connectivity index (χ4v) is 2.24. The smallest absolute Gasteiger partial charge is 0.340 e. The number of anilines is 1. The minimum Gasteiger partial charge on any atom is -0.465 e. The fourth-order valence-electron chi connectivity index (χ4n) is 1.53. The summed E-state index contributed by atoms with van der Waals surface area (Å²) in [6.45, 7) is 1.40. The van der Waals surface area contributed by atoms with Gasteiger partial charge in [0.1, 0.15) is 12.1 Å². The van der Waals surface area contributed by atoms with Crippen molar-refractivity contribution in [2.45, 2.75) is 6.92 Å². The van der Waals surface area contributed by atoms with Crippen molar-refractivity contribution in [2.24, 2.45) is 0 Å². The van der Waals surface area contributed by atoms with Gasteiger partial charge in [0.25, 0.3) is 0 Å². The first-order valence-electron chi connectivity index (χ1n) is 5.66. The van der Waals surface area contributed by atoms with Crippen LogP contribution in [0, 0.1) is 0 Å². The van der Waals surface area contributed by atoms with Gasteiger partial charge >= 0.3 is 5.97 Å². The first-order chi connectivity index (χ1) is 9.63. The second-order valence-corrected chi connectivity index (χ2v) is 4.61. The van der Waals surface area contributed by atoms with Crippen molar-refractivity contribution < 1.29 is 14.3 Å². The number of nitrogens with zero attached hydrogens (tertiary/aromatic N) is 4. The Balaban J connectivity index is 2.39. The van der Waals surface area contributed by atoms with Gasteiger partial charge < -0.3 is 4.74 Å². The molecule has 2 rings (SSSR count). The van der Waals surface area contributed by atoms with Gasteiger partial charge in [-0.25, -0.2) is 9.10 Å². The number of hydrogen-bond donors (Lipinski definition) is 0. The molecule has 20 heavy (non-hydrogen) atoms. The lowest BCUT2D eigenvalue weighted by Gasteiger charge is -2.20. The standard InChI is InChI=1S/C12H12N4O3S/c1-9(17)16(20-15-8-7-13-14-15)11-6-4-3-5-10(11)12(18)19-2/h3-8H,1-2H3. The van der Waals surface area contributed by atoms with Crippen LogP contribution < -0.4 is 4.31 Å². The van der Waals surface area contributed by atoms with Gasteiger partial charge in [-0.05, 0) is 12.1 Å². The Labute approximate surface area is 119 Å². The van der Waals surface area contributed by atoms with Crippen LogP contribution >= 0.6 is 12.1 Å². The van der Waals surface area contributed by atoms with E-state index >= 15 is 0 Å². The number of rotatable bonds is 4. The molecular weight excluding hydrogens is 280 g/mol. The normalized spacial score (nSPS) is 10.1. The Morgan fingerprint density at radius 2 is 2.10 bits per heavy atom. The highest BCUT2D eigenvalue weighted by molar-refractivity contribution is 7.99. The molecule has 8 heteroatoms. The van der Waals surface area contributed by atoms with E-state index in [1.165, 1.54) is 28.6 Å². The van der Waals surface area contributed by atoms with Gasteiger partial charge in [0.2, 0.25) is 5.91 Å². The molecule has 0 saturated carbocycles. The summed E-state index contributed by atoms with van der Waals surface area (Å²) >= 11 is 1.02. The van der Waals surface area contributed by atoms with Gasteiger partial charge in [-0.1, -0.05) is 17.3 Å². The van der Waals surface area contributed by atoms with Crippen LogP contribution in [0.3, 0.4) is 0 Å². The number of aromatic nitrogens is 3. The van der Waals surface area contributed by atoms with Gasteiger partial charge in [-0.2, -0.15) is 4.09 Å². The van der Waals surface area contributed by atoms with Crippen molar-refractivity contribution in [3.05, 3.63) is 42.2 Å². The maximum Gasteiger partial charge on any atom is 0.340 e. The predicted octanol–water partition coefficient (Wildman–Crippen LogP) is 1.53. The van der Waals surface area contributed by atoms with Crippen LogP contribution in [0.4, 0.5) is 5.69 Å². The van der Waals surface area contributed by atoms with Crippen LogP contribution in [0.1, 0.15) is 17.3 Å². The van der Waals surface area contributed by atoms with Crippen molar-refractivity contribution in [2.75, 3.05) is 11.4 Å². The summed E-state index contributed by atoms with van der Waals surface area (Å²) in [7, 11) is 1.29. The summed E-state index contributed by atoms with van der Waals surface area (Å²) in [6.07, 6.45) is 3.10. The molecule has 2 aromatic rings. The maximum atomic E-state index is 11.8. The van der Waals surface area contributed by atoms with Crippen LogP contribution in [0.15, 0.2) is 36.7 Å². The molecule has 0 aliphatic rings. The van der Waals surface area contributed by atoms with Crippen molar-refractivity contribution in [1.29, 1.82) is 0 Å². The van der Waals surface area contributed by atoms with Crippen LogP contribution in [-0.4, -0.2) is 33.4 Å². The molecule has 1 amide bonds. The van der Waals surface area contributed by atoms with Crippen molar-refractivity contribution in [3.8, 4) is 0 Å². The summed E-state index contributed by atoms with van der Waals surface area (Å²) in [4.78, 5) is 23.6. The monoisotopic (exact) mass is 292 g/mol. The molecular formula is C12H12N4O3S. The number of ether oxygens (including phenoxy) is 1. The fraction of sp³-hybridized carbons (Fsp3) is 0.167. The molecule has 0 saturated heterocycles. The number of esters is 1. The molecule has 0 spiro atoms. The van der Waals surface area contributed by atoms with E-state index in [1.54, 1.807) is 30.5 Å². The minimum atomic E-state index is -0.508. The number of carbonyl (C=O) groups is 2. The highest BCUT2D eigenvalue weighted by atomic mass is 32.2. The quantitative estimate of drug-likeness (QED) is 0.628. The van der Waals surface area contributed by atoms with Crippen molar-refractivity contribution >= 4 is 29.7 Å². The Kier molecular flexibility index (Phi) is 4.36. The van der Waals surface area contributed by atoms with Gasteiger partial charge in [0.05, 0.1) is 30.8 Å². The van der Waals surface area contributed by atoms with E-state index in [0.717, 1.165) is 12.1 Å². The van der Waals surface area contributed by atoms with E-state index in [-0.39, 0.29) is 5.91 Å².